The van der Waals surface area contributed by atoms with Gasteiger partial charge in [-0.25, -0.2) is 13.1 Å². The van der Waals surface area contributed by atoms with E-state index in [9.17, 15) is 13.2 Å². The monoisotopic (exact) mass is 275 g/mol. The van der Waals surface area contributed by atoms with Gasteiger partial charge in [-0.3, -0.25) is 4.79 Å². The van der Waals surface area contributed by atoms with E-state index in [-0.39, 0.29) is 30.5 Å². The van der Waals surface area contributed by atoms with Gasteiger partial charge in [0.1, 0.15) is 0 Å². The molecule has 1 aliphatic rings. The average Bonchev–Trinajstić information content (AvgIpc) is 2.99. The Hall–Kier alpha value is -1.64. The highest BCUT2D eigenvalue weighted by molar-refractivity contribution is 7.92. The minimum Gasteiger partial charge on any atom is -0.481 e. The fourth-order valence-corrected chi connectivity index (χ4v) is 2.34. The van der Waals surface area contributed by atoms with Gasteiger partial charge in [-0.2, -0.15) is 0 Å². The Morgan fingerprint density at radius 3 is 2.78 bits per heavy atom. The van der Waals surface area contributed by atoms with Crippen LogP contribution in [0.15, 0.2) is 4.42 Å². The Balaban J connectivity index is 1.87. The minimum atomic E-state index is -3.63. The van der Waals surface area contributed by atoms with E-state index in [2.05, 4.69) is 14.9 Å². The molecule has 0 aliphatic heterocycles. The maximum atomic E-state index is 11.5. The molecule has 0 radical (unpaired) electrons. The molecular weight excluding hydrogens is 262 g/mol. The Morgan fingerprint density at radius 1 is 1.44 bits per heavy atom. The lowest BCUT2D eigenvalue weighted by molar-refractivity contribution is -0.137. The molecule has 0 spiro atoms. The maximum absolute atomic E-state index is 11.5. The normalized spacial score (nSPS) is 15.6. The van der Waals surface area contributed by atoms with Gasteiger partial charge in [0, 0.05) is 12.3 Å². The number of rotatable bonds is 7. The first-order valence-corrected chi connectivity index (χ1v) is 7.17. The molecule has 0 aromatic carbocycles. The number of carbonyl (C=O) groups is 1. The zero-order chi connectivity index (χ0) is 13.2. The summed E-state index contributed by atoms with van der Waals surface area (Å²) < 4.78 is 30.4. The SMILES string of the molecule is O=C(O)CCCS(=O)(=O)Nc1nnc(C2CC2)o1. The van der Waals surface area contributed by atoms with Crippen molar-refractivity contribution in [2.45, 2.75) is 31.6 Å². The molecule has 1 heterocycles. The first-order valence-electron chi connectivity index (χ1n) is 5.52. The van der Waals surface area contributed by atoms with Crippen LogP contribution in [0.1, 0.15) is 37.5 Å². The second-order valence-corrected chi connectivity index (χ2v) is 5.98. The van der Waals surface area contributed by atoms with E-state index in [1.807, 2.05) is 0 Å². The van der Waals surface area contributed by atoms with E-state index in [1.54, 1.807) is 0 Å². The maximum Gasteiger partial charge on any atom is 0.329 e. The molecule has 1 aromatic rings. The molecule has 1 aliphatic carbocycles. The number of sulfonamides is 1. The molecule has 0 atom stereocenters. The molecule has 0 bridgehead atoms. The van der Waals surface area contributed by atoms with Crippen LogP contribution in [0.5, 0.6) is 0 Å². The molecule has 1 saturated carbocycles. The van der Waals surface area contributed by atoms with E-state index >= 15 is 0 Å². The van der Waals surface area contributed by atoms with E-state index < -0.39 is 16.0 Å². The van der Waals surface area contributed by atoms with Crippen LogP contribution in [-0.2, 0) is 14.8 Å². The van der Waals surface area contributed by atoms with Gasteiger partial charge in [0.15, 0.2) is 0 Å². The number of hydrogen-bond acceptors (Lipinski definition) is 6. The van der Waals surface area contributed by atoms with Gasteiger partial charge in [-0.1, -0.05) is 5.10 Å². The summed E-state index contributed by atoms with van der Waals surface area (Å²) in [7, 11) is -3.63. The zero-order valence-corrected chi connectivity index (χ0v) is 10.3. The smallest absolute Gasteiger partial charge is 0.329 e. The van der Waals surface area contributed by atoms with Crippen molar-refractivity contribution in [2.24, 2.45) is 0 Å². The average molecular weight is 275 g/mol. The minimum absolute atomic E-state index is 0.0360. The van der Waals surface area contributed by atoms with Gasteiger partial charge < -0.3 is 9.52 Å². The molecule has 0 unspecified atom stereocenters. The quantitative estimate of drug-likeness (QED) is 0.745. The molecular formula is C9H13N3O5S. The van der Waals surface area contributed by atoms with Crippen molar-refractivity contribution in [3.63, 3.8) is 0 Å². The van der Waals surface area contributed by atoms with Crippen molar-refractivity contribution >= 4 is 22.0 Å². The van der Waals surface area contributed by atoms with E-state index in [0.717, 1.165) is 12.8 Å². The lowest BCUT2D eigenvalue weighted by Gasteiger charge is -2.02. The number of nitrogens with one attached hydrogen (secondary N) is 1. The molecule has 2 rings (SSSR count). The van der Waals surface area contributed by atoms with Crippen LogP contribution >= 0.6 is 0 Å². The van der Waals surface area contributed by atoms with Crippen molar-refractivity contribution in [2.75, 3.05) is 10.5 Å². The highest BCUT2D eigenvalue weighted by Gasteiger charge is 2.29. The first-order chi connectivity index (χ1) is 8.46. The van der Waals surface area contributed by atoms with E-state index in [4.69, 9.17) is 9.52 Å². The van der Waals surface area contributed by atoms with Crippen LogP contribution in [0.25, 0.3) is 0 Å². The third kappa shape index (κ3) is 3.69. The summed E-state index contributed by atoms with van der Waals surface area (Å²) >= 11 is 0. The summed E-state index contributed by atoms with van der Waals surface area (Å²) in [4.78, 5) is 10.3. The summed E-state index contributed by atoms with van der Waals surface area (Å²) in [5.74, 6) is -0.625. The molecule has 1 aromatic heterocycles. The Kier molecular flexibility index (Phi) is 3.50. The fourth-order valence-electron chi connectivity index (χ4n) is 1.37. The van der Waals surface area contributed by atoms with Crippen molar-refractivity contribution in [1.82, 2.24) is 10.2 Å². The molecule has 0 saturated heterocycles. The predicted molar refractivity (Wildman–Crippen MR) is 60.6 cm³/mol. The van der Waals surface area contributed by atoms with Gasteiger partial charge in [-0.15, -0.1) is 5.10 Å². The third-order valence-electron chi connectivity index (χ3n) is 2.41. The number of carboxylic acids is 1. The number of aromatic nitrogens is 2. The van der Waals surface area contributed by atoms with Crippen molar-refractivity contribution in [3.8, 4) is 0 Å². The largest absolute Gasteiger partial charge is 0.481 e. The summed E-state index contributed by atoms with van der Waals surface area (Å²) in [5.41, 5.74) is 0. The van der Waals surface area contributed by atoms with Gasteiger partial charge in [0.2, 0.25) is 15.9 Å². The van der Waals surface area contributed by atoms with Gasteiger partial charge >= 0.3 is 12.0 Å². The van der Waals surface area contributed by atoms with Crippen molar-refractivity contribution < 1.29 is 22.7 Å². The molecule has 8 nitrogen and oxygen atoms in total. The summed E-state index contributed by atoms with van der Waals surface area (Å²) in [6.45, 7) is 0. The third-order valence-corrected chi connectivity index (χ3v) is 3.73. The van der Waals surface area contributed by atoms with Crippen LogP contribution in [-0.4, -0.2) is 35.4 Å². The first kappa shape index (κ1) is 12.8. The Labute approximate surface area is 103 Å². The van der Waals surface area contributed by atoms with Gasteiger partial charge in [0.25, 0.3) is 0 Å². The predicted octanol–water partition coefficient (Wildman–Crippen LogP) is 0.553. The topological polar surface area (TPSA) is 122 Å². The fraction of sp³-hybridized carbons (Fsp3) is 0.667. The van der Waals surface area contributed by atoms with E-state index in [1.165, 1.54) is 0 Å². The van der Waals surface area contributed by atoms with Crippen molar-refractivity contribution in [3.05, 3.63) is 5.89 Å². The summed E-state index contributed by atoms with van der Waals surface area (Å²) in [6.07, 6.45) is 1.80. The molecule has 1 fully saturated rings. The molecule has 9 heteroatoms. The summed E-state index contributed by atoms with van der Waals surface area (Å²) in [5, 5.41) is 15.7. The number of hydrogen-bond donors (Lipinski definition) is 2. The Bertz CT molecular complexity index is 534. The standard InChI is InChI=1S/C9H13N3O5S/c13-7(14)2-1-5-18(15,16)12-9-11-10-8(17-9)6-3-4-6/h6H,1-5H2,(H,11,12)(H,13,14). The van der Waals surface area contributed by atoms with Crippen LogP contribution < -0.4 is 4.72 Å². The zero-order valence-electron chi connectivity index (χ0n) is 9.50. The lowest BCUT2D eigenvalue weighted by atomic mass is 10.3. The second kappa shape index (κ2) is 4.92. The lowest BCUT2D eigenvalue weighted by Crippen LogP contribution is -2.17. The highest BCUT2D eigenvalue weighted by atomic mass is 32.2. The second-order valence-electron chi connectivity index (χ2n) is 4.14. The summed E-state index contributed by atoms with van der Waals surface area (Å²) in [6, 6.07) is -0.160. The van der Waals surface area contributed by atoms with Crippen LogP contribution in [0.3, 0.4) is 0 Å². The molecule has 100 valence electrons. The van der Waals surface area contributed by atoms with Gasteiger partial charge in [0.05, 0.1) is 5.75 Å². The molecule has 18 heavy (non-hydrogen) atoms. The number of carboxylic acid groups (broad SMARTS) is 1. The Morgan fingerprint density at radius 2 is 2.17 bits per heavy atom. The number of anilines is 1. The van der Waals surface area contributed by atoms with Crippen LogP contribution in [0, 0.1) is 0 Å². The van der Waals surface area contributed by atoms with Crippen molar-refractivity contribution in [1.29, 1.82) is 0 Å². The molecule has 0 amide bonds. The van der Waals surface area contributed by atoms with E-state index in [0.29, 0.717) is 5.89 Å². The highest BCUT2D eigenvalue weighted by Crippen LogP contribution is 2.39. The van der Waals surface area contributed by atoms with Gasteiger partial charge in [-0.05, 0) is 19.3 Å². The number of aliphatic carboxylic acids is 1. The van der Waals surface area contributed by atoms with Crippen LogP contribution in [0.4, 0.5) is 6.01 Å². The number of nitrogens with zero attached hydrogens (tertiary/aromatic N) is 2. The van der Waals surface area contributed by atoms with Crippen LogP contribution in [0.2, 0.25) is 0 Å². The molecule has 2 N–H and O–H groups in total.